The first kappa shape index (κ1) is 13.4. The Hall–Kier alpha value is -0.990. The molecule has 4 heteroatoms. The van der Waals surface area contributed by atoms with E-state index >= 15 is 0 Å². The van der Waals surface area contributed by atoms with Gasteiger partial charge in [-0.2, -0.15) is 0 Å². The molecule has 0 fully saturated rings. The average Bonchev–Trinajstić information content (AvgIpc) is 2.38. The molecule has 0 spiro atoms. The van der Waals surface area contributed by atoms with Crippen LogP contribution in [0.15, 0.2) is 30.4 Å². The Labute approximate surface area is 117 Å². The minimum Gasteiger partial charge on any atom is -0.352 e. The lowest BCUT2D eigenvalue weighted by Gasteiger charge is -2.17. The fraction of sp³-hybridized carbons (Fsp3) is 0.357. The number of carbonyl (C=O) groups excluding carboxylic acids is 1. The minimum absolute atomic E-state index is 0.0982. The molecule has 18 heavy (non-hydrogen) atoms. The molecule has 0 heterocycles. The van der Waals surface area contributed by atoms with Gasteiger partial charge in [0.25, 0.3) is 0 Å². The summed E-state index contributed by atoms with van der Waals surface area (Å²) in [4.78, 5) is 11.9. The molecule has 96 valence electrons. The lowest BCUT2D eigenvalue weighted by Crippen LogP contribution is -2.30. The number of nitrogens with one attached hydrogen (secondary N) is 1. The zero-order valence-electron chi connectivity index (χ0n) is 9.96. The van der Waals surface area contributed by atoms with Gasteiger partial charge < -0.3 is 5.32 Å². The van der Waals surface area contributed by atoms with Crippen molar-refractivity contribution in [3.8, 4) is 0 Å². The monoisotopic (exact) mass is 283 g/mol. The normalized spacial score (nSPS) is 18.7. The molecule has 1 atom stereocenters. The quantitative estimate of drug-likeness (QED) is 0.836. The van der Waals surface area contributed by atoms with Gasteiger partial charge in [0.1, 0.15) is 0 Å². The summed E-state index contributed by atoms with van der Waals surface area (Å²) in [6.07, 6.45) is 6.94. The molecule has 1 aromatic rings. The molecule has 1 amide bonds. The largest absolute Gasteiger partial charge is 0.352 e. The highest BCUT2D eigenvalue weighted by molar-refractivity contribution is 6.35. The molecule has 1 N–H and O–H groups in total. The van der Waals surface area contributed by atoms with Crippen molar-refractivity contribution in [3.63, 3.8) is 0 Å². The van der Waals surface area contributed by atoms with Crippen LogP contribution in [0.1, 0.15) is 24.8 Å². The van der Waals surface area contributed by atoms with Crippen LogP contribution in [-0.4, -0.2) is 5.91 Å². The second-order valence-electron chi connectivity index (χ2n) is 4.43. The summed E-state index contributed by atoms with van der Waals surface area (Å²) in [5.74, 6) is 0.200. The van der Waals surface area contributed by atoms with Crippen molar-refractivity contribution in [2.45, 2.75) is 25.8 Å². The maximum atomic E-state index is 11.9. The van der Waals surface area contributed by atoms with Gasteiger partial charge in [-0.05, 0) is 37.0 Å². The Morgan fingerprint density at radius 3 is 2.83 bits per heavy atom. The number of halogens is 2. The van der Waals surface area contributed by atoms with E-state index in [4.69, 9.17) is 23.2 Å². The maximum Gasteiger partial charge on any atom is 0.223 e. The predicted octanol–water partition coefficient (Wildman–Crippen LogP) is 3.97. The van der Waals surface area contributed by atoms with Gasteiger partial charge in [-0.3, -0.25) is 4.79 Å². The number of hydrogen-bond acceptors (Lipinski definition) is 1. The number of amides is 1. The van der Waals surface area contributed by atoms with Gasteiger partial charge in [0.2, 0.25) is 5.91 Å². The number of hydrogen-bond donors (Lipinski definition) is 1. The van der Waals surface area contributed by atoms with Crippen LogP contribution in [0, 0.1) is 5.92 Å². The Morgan fingerprint density at radius 2 is 2.17 bits per heavy atom. The van der Waals surface area contributed by atoms with Crippen LogP contribution in [0.2, 0.25) is 10.0 Å². The second kappa shape index (κ2) is 6.26. The Kier molecular flexibility index (Phi) is 4.67. The number of benzene rings is 1. The van der Waals surface area contributed by atoms with Crippen LogP contribution in [-0.2, 0) is 11.3 Å². The molecule has 0 bridgehead atoms. The van der Waals surface area contributed by atoms with Crippen molar-refractivity contribution in [2.75, 3.05) is 0 Å². The van der Waals surface area contributed by atoms with Gasteiger partial charge in [0.05, 0.1) is 0 Å². The molecule has 0 saturated heterocycles. The summed E-state index contributed by atoms with van der Waals surface area (Å²) in [7, 11) is 0. The minimum atomic E-state index is 0.0982. The molecule has 2 rings (SSSR count). The lowest BCUT2D eigenvalue weighted by molar-refractivity contribution is -0.125. The molecular formula is C14H15Cl2NO. The highest BCUT2D eigenvalue weighted by Crippen LogP contribution is 2.22. The van der Waals surface area contributed by atoms with E-state index in [-0.39, 0.29) is 11.8 Å². The van der Waals surface area contributed by atoms with Gasteiger partial charge in [0.15, 0.2) is 0 Å². The molecule has 1 aliphatic carbocycles. The van der Waals surface area contributed by atoms with Crippen molar-refractivity contribution >= 4 is 29.1 Å². The third-order valence-electron chi connectivity index (χ3n) is 3.11. The SMILES string of the molecule is O=C(NCc1ccc(Cl)cc1Cl)[C@H]1CC=CCC1. The summed E-state index contributed by atoms with van der Waals surface area (Å²) < 4.78 is 0. The van der Waals surface area contributed by atoms with Crippen molar-refractivity contribution in [1.29, 1.82) is 0 Å². The van der Waals surface area contributed by atoms with Crippen LogP contribution < -0.4 is 5.32 Å². The van der Waals surface area contributed by atoms with Gasteiger partial charge in [-0.25, -0.2) is 0 Å². The van der Waals surface area contributed by atoms with Gasteiger partial charge in [-0.15, -0.1) is 0 Å². The summed E-state index contributed by atoms with van der Waals surface area (Å²) >= 11 is 11.9. The zero-order chi connectivity index (χ0) is 13.0. The Bertz CT molecular complexity index is 471. The van der Waals surface area contributed by atoms with Gasteiger partial charge in [-0.1, -0.05) is 41.4 Å². The molecule has 0 radical (unpaired) electrons. The first-order chi connectivity index (χ1) is 8.66. The fourth-order valence-corrected chi connectivity index (χ4v) is 2.50. The maximum absolute atomic E-state index is 11.9. The summed E-state index contributed by atoms with van der Waals surface area (Å²) in [5.41, 5.74) is 0.890. The molecule has 1 aromatic carbocycles. The van der Waals surface area contributed by atoms with Crippen LogP contribution in [0.25, 0.3) is 0 Å². The van der Waals surface area contributed by atoms with Crippen molar-refractivity contribution in [3.05, 3.63) is 46.0 Å². The molecule has 1 aliphatic rings. The predicted molar refractivity (Wildman–Crippen MR) is 74.8 cm³/mol. The third-order valence-corrected chi connectivity index (χ3v) is 3.69. The average molecular weight is 284 g/mol. The highest BCUT2D eigenvalue weighted by atomic mass is 35.5. The number of carbonyl (C=O) groups is 1. The Morgan fingerprint density at radius 1 is 1.33 bits per heavy atom. The summed E-state index contributed by atoms with van der Waals surface area (Å²) in [5, 5.41) is 4.12. The van der Waals surface area contributed by atoms with Crippen molar-refractivity contribution in [2.24, 2.45) is 5.92 Å². The van der Waals surface area contributed by atoms with E-state index in [1.54, 1.807) is 12.1 Å². The van der Waals surface area contributed by atoms with Crippen LogP contribution in [0.3, 0.4) is 0 Å². The van der Waals surface area contributed by atoms with Crippen LogP contribution in [0.4, 0.5) is 0 Å². The van der Waals surface area contributed by atoms with Crippen molar-refractivity contribution < 1.29 is 4.79 Å². The van der Waals surface area contributed by atoms with Gasteiger partial charge in [0, 0.05) is 22.5 Å². The standard InChI is InChI=1S/C14H15Cl2NO/c15-12-7-6-11(13(16)8-12)9-17-14(18)10-4-2-1-3-5-10/h1-2,6-8,10H,3-5,9H2,(H,17,18)/t10-/m0/s1. The van der Waals surface area contributed by atoms with E-state index in [1.165, 1.54) is 0 Å². The van der Waals surface area contributed by atoms with E-state index in [0.717, 1.165) is 24.8 Å². The van der Waals surface area contributed by atoms with Crippen molar-refractivity contribution in [1.82, 2.24) is 5.32 Å². The van der Waals surface area contributed by atoms with Gasteiger partial charge >= 0.3 is 0 Å². The van der Waals surface area contributed by atoms with E-state index < -0.39 is 0 Å². The topological polar surface area (TPSA) is 29.1 Å². The van der Waals surface area contributed by atoms with E-state index in [2.05, 4.69) is 17.5 Å². The highest BCUT2D eigenvalue weighted by Gasteiger charge is 2.18. The third kappa shape index (κ3) is 3.50. The summed E-state index contributed by atoms with van der Waals surface area (Å²) in [6.45, 7) is 0.453. The number of allylic oxidation sites excluding steroid dienone is 2. The van der Waals surface area contributed by atoms with E-state index in [9.17, 15) is 4.79 Å². The summed E-state index contributed by atoms with van der Waals surface area (Å²) in [6, 6.07) is 5.30. The second-order valence-corrected chi connectivity index (χ2v) is 5.28. The van der Waals surface area contributed by atoms with Crippen LogP contribution in [0.5, 0.6) is 0 Å². The molecule has 0 unspecified atom stereocenters. The lowest BCUT2D eigenvalue weighted by atomic mass is 9.93. The first-order valence-corrected chi connectivity index (χ1v) is 6.79. The molecule has 2 nitrogen and oxygen atoms in total. The van der Waals surface area contributed by atoms with E-state index in [0.29, 0.717) is 16.6 Å². The smallest absolute Gasteiger partial charge is 0.223 e. The molecule has 0 aromatic heterocycles. The van der Waals surface area contributed by atoms with E-state index in [1.807, 2.05) is 6.07 Å². The zero-order valence-corrected chi connectivity index (χ0v) is 11.5. The molecule has 0 saturated carbocycles. The fourth-order valence-electron chi connectivity index (χ4n) is 2.02. The first-order valence-electron chi connectivity index (χ1n) is 6.03. The Balaban J connectivity index is 1.90. The van der Waals surface area contributed by atoms with Crippen LogP contribution >= 0.6 is 23.2 Å². The molecule has 0 aliphatic heterocycles. The number of rotatable bonds is 3. The molecular weight excluding hydrogens is 269 g/mol.